The van der Waals surface area contributed by atoms with E-state index in [2.05, 4.69) is 24.4 Å². The lowest BCUT2D eigenvalue weighted by Gasteiger charge is -2.10. The van der Waals surface area contributed by atoms with E-state index in [4.69, 9.17) is 5.73 Å². The van der Waals surface area contributed by atoms with Gasteiger partial charge in [0.1, 0.15) is 0 Å². The Morgan fingerprint density at radius 1 is 1.53 bits per heavy atom. The first-order valence-electron chi connectivity index (χ1n) is 5.45. The van der Waals surface area contributed by atoms with Crippen molar-refractivity contribution in [2.75, 3.05) is 24.6 Å². The standard InChI is InChI=1S/C12H18N2S/c1-9-2-3-11(13)12(6-9)15-8-10-4-5-14-7-10/h2-3,6,10,14H,4-5,7-8,13H2,1H3. The molecule has 0 saturated carbocycles. The zero-order valence-corrected chi connectivity index (χ0v) is 9.94. The molecule has 1 saturated heterocycles. The highest BCUT2D eigenvalue weighted by Gasteiger charge is 2.14. The number of hydrogen-bond acceptors (Lipinski definition) is 3. The van der Waals surface area contributed by atoms with Crippen LogP contribution in [-0.4, -0.2) is 18.8 Å². The van der Waals surface area contributed by atoms with Crippen molar-refractivity contribution in [3.05, 3.63) is 23.8 Å². The molecule has 0 aliphatic carbocycles. The summed E-state index contributed by atoms with van der Waals surface area (Å²) in [7, 11) is 0. The van der Waals surface area contributed by atoms with Gasteiger partial charge in [-0.15, -0.1) is 11.8 Å². The van der Waals surface area contributed by atoms with Gasteiger partial charge in [0.05, 0.1) is 0 Å². The number of benzene rings is 1. The summed E-state index contributed by atoms with van der Waals surface area (Å²) in [6, 6.07) is 6.25. The summed E-state index contributed by atoms with van der Waals surface area (Å²) >= 11 is 1.89. The Balaban J connectivity index is 1.94. The van der Waals surface area contributed by atoms with Crippen LogP contribution in [-0.2, 0) is 0 Å². The maximum Gasteiger partial charge on any atom is 0.0452 e. The van der Waals surface area contributed by atoms with E-state index >= 15 is 0 Å². The minimum Gasteiger partial charge on any atom is -0.398 e. The molecular weight excluding hydrogens is 204 g/mol. The molecule has 1 heterocycles. The summed E-state index contributed by atoms with van der Waals surface area (Å²) in [5.41, 5.74) is 8.14. The predicted molar refractivity (Wildman–Crippen MR) is 67.3 cm³/mol. The average molecular weight is 222 g/mol. The molecule has 1 unspecified atom stereocenters. The van der Waals surface area contributed by atoms with Crippen molar-refractivity contribution < 1.29 is 0 Å². The molecule has 3 heteroatoms. The molecule has 0 amide bonds. The summed E-state index contributed by atoms with van der Waals surface area (Å²) < 4.78 is 0. The van der Waals surface area contributed by atoms with Crippen LogP contribution in [0.4, 0.5) is 5.69 Å². The molecular formula is C12H18N2S. The zero-order chi connectivity index (χ0) is 10.7. The van der Waals surface area contributed by atoms with Gasteiger partial charge in [0.2, 0.25) is 0 Å². The van der Waals surface area contributed by atoms with Gasteiger partial charge >= 0.3 is 0 Å². The third-order valence-corrected chi connectivity index (χ3v) is 4.11. The molecule has 0 aromatic heterocycles. The summed E-state index contributed by atoms with van der Waals surface area (Å²) in [6.45, 7) is 4.45. The topological polar surface area (TPSA) is 38.0 Å². The van der Waals surface area contributed by atoms with Gasteiger partial charge in [-0.05, 0) is 50.0 Å². The van der Waals surface area contributed by atoms with Gasteiger partial charge in [0.15, 0.2) is 0 Å². The van der Waals surface area contributed by atoms with Crippen LogP contribution in [0.1, 0.15) is 12.0 Å². The first-order chi connectivity index (χ1) is 7.25. The fraction of sp³-hybridized carbons (Fsp3) is 0.500. The second kappa shape index (κ2) is 4.90. The van der Waals surface area contributed by atoms with Crippen LogP contribution in [0.15, 0.2) is 23.1 Å². The quantitative estimate of drug-likeness (QED) is 0.608. The number of aryl methyl sites for hydroxylation is 1. The lowest BCUT2D eigenvalue weighted by Crippen LogP contribution is -2.10. The lowest BCUT2D eigenvalue weighted by atomic mass is 10.2. The lowest BCUT2D eigenvalue weighted by molar-refractivity contribution is 0.663. The highest BCUT2D eigenvalue weighted by atomic mass is 32.2. The molecule has 15 heavy (non-hydrogen) atoms. The number of nitrogens with two attached hydrogens (primary N) is 1. The van der Waals surface area contributed by atoms with E-state index in [-0.39, 0.29) is 0 Å². The monoisotopic (exact) mass is 222 g/mol. The van der Waals surface area contributed by atoms with Crippen LogP contribution in [0, 0.1) is 12.8 Å². The highest BCUT2D eigenvalue weighted by molar-refractivity contribution is 7.99. The van der Waals surface area contributed by atoms with Crippen molar-refractivity contribution >= 4 is 17.4 Å². The number of rotatable bonds is 3. The molecule has 0 spiro atoms. The SMILES string of the molecule is Cc1ccc(N)c(SCC2CCNC2)c1. The number of nitrogen functional groups attached to an aromatic ring is 1. The smallest absolute Gasteiger partial charge is 0.0452 e. The van der Waals surface area contributed by atoms with E-state index in [1.807, 2.05) is 17.8 Å². The Bertz CT molecular complexity index is 332. The van der Waals surface area contributed by atoms with Crippen molar-refractivity contribution in [2.24, 2.45) is 5.92 Å². The Morgan fingerprint density at radius 3 is 3.13 bits per heavy atom. The minimum absolute atomic E-state index is 0.815. The third kappa shape index (κ3) is 2.89. The molecule has 2 rings (SSSR count). The van der Waals surface area contributed by atoms with Gasteiger partial charge in [-0.25, -0.2) is 0 Å². The number of thioether (sulfide) groups is 1. The van der Waals surface area contributed by atoms with Crippen LogP contribution in [0.5, 0.6) is 0 Å². The summed E-state index contributed by atoms with van der Waals surface area (Å²) in [4.78, 5) is 1.24. The highest BCUT2D eigenvalue weighted by Crippen LogP contribution is 2.28. The summed E-state index contributed by atoms with van der Waals surface area (Å²) in [5, 5.41) is 3.39. The van der Waals surface area contributed by atoms with Crippen molar-refractivity contribution in [1.29, 1.82) is 0 Å². The Labute approximate surface area is 95.6 Å². The molecule has 0 radical (unpaired) electrons. The predicted octanol–water partition coefficient (Wildman–Crippen LogP) is 2.28. The first kappa shape index (κ1) is 10.8. The second-order valence-corrected chi connectivity index (χ2v) is 5.27. The molecule has 1 aromatic rings. The number of hydrogen-bond donors (Lipinski definition) is 2. The largest absolute Gasteiger partial charge is 0.398 e. The summed E-state index contributed by atoms with van der Waals surface area (Å²) in [6.07, 6.45) is 1.30. The van der Waals surface area contributed by atoms with E-state index in [1.165, 1.54) is 35.7 Å². The fourth-order valence-corrected chi connectivity index (χ4v) is 3.03. The van der Waals surface area contributed by atoms with Crippen molar-refractivity contribution in [1.82, 2.24) is 5.32 Å². The van der Waals surface area contributed by atoms with Crippen molar-refractivity contribution in [2.45, 2.75) is 18.2 Å². The van der Waals surface area contributed by atoms with E-state index in [0.717, 1.165) is 11.6 Å². The van der Waals surface area contributed by atoms with Gasteiger partial charge in [0, 0.05) is 16.3 Å². The summed E-state index contributed by atoms with van der Waals surface area (Å²) in [5.74, 6) is 2.00. The van der Waals surface area contributed by atoms with Gasteiger partial charge in [0.25, 0.3) is 0 Å². The van der Waals surface area contributed by atoms with Crippen LogP contribution < -0.4 is 11.1 Å². The van der Waals surface area contributed by atoms with Crippen LogP contribution >= 0.6 is 11.8 Å². The van der Waals surface area contributed by atoms with Crippen LogP contribution in [0.3, 0.4) is 0 Å². The molecule has 1 fully saturated rings. The normalized spacial score (nSPS) is 20.7. The molecule has 2 nitrogen and oxygen atoms in total. The van der Waals surface area contributed by atoms with E-state index in [0.29, 0.717) is 0 Å². The Morgan fingerprint density at radius 2 is 2.40 bits per heavy atom. The second-order valence-electron chi connectivity index (χ2n) is 4.21. The fourth-order valence-electron chi connectivity index (χ4n) is 1.83. The average Bonchev–Trinajstić information content (AvgIpc) is 2.72. The van der Waals surface area contributed by atoms with Gasteiger partial charge < -0.3 is 11.1 Å². The van der Waals surface area contributed by atoms with Gasteiger partial charge in [-0.3, -0.25) is 0 Å². The maximum absolute atomic E-state index is 5.94. The maximum atomic E-state index is 5.94. The molecule has 1 aromatic carbocycles. The Hall–Kier alpha value is -0.670. The molecule has 1 aliphatic heterocycles. The number of nitrogens with one attached hydrogen (secondary N) is 1. The van der Waals surface area contributed by atoms with Crippen molar-refractivity contribution in [3.63, 3.8) is 0 Å². The van der Waals surface area contributed by atoms with E-state index in [9.17, 15) is 0 Å². The number of anilines is 1. The molecule has 1 atom stereocenters. The molecule has 0 bridgehead atoms. The van der Waals surface area contributed by atoms with Crippen LogP contribution in [0.25, 0.3) is 0 Å². The Kier molecular flexibility index (Phi) is 3.54. The molecule has 3 N–H and O–H groups in total. The minimum atomic E-state index is 0.815. The van der Waals surface area contributed by atoms with Crippen molar-refractivity contribution in [3.8, 4) is 0 Å². The molecule has 82 valence electrons. The van der Waals surface area contributed by atoms with Gasteiger partial charge in [-0.1, -0.05) is 6.07 Å². The van der Waals surface area contributed by atoms with E-state index in [1.54, 1.807) is 0 Å². The molecule has 1 aliphatic rings. The van der Waals surface area contributed by atoms with E-state index < -0.39 is 0 Å². The zero-order valence-electron chi connectivity index (χ0n) is 9.12. The van der Waals surface area contributed by atoms with Crippen LogP contribution in [0.2, 0.25) is 0 Å². The first-order valence-corrected chi connectivity index (χ1v) is 6.44. The third-order valence-electron chi connectivity index (χ3n) is 2.81. The van der Waals surface area contributed by atoms with Gasteiger partial charge in [-0.2, -0.15) is 0 Å².